The second kappa shape index (κ2) is 9.29. The standard InChI is InChI=1S/C23H19N3O4S2/c1-13(21(28)25-16-9-7-15(8-10-16)24-14(2)27)30-23(29)20-12-11-19(31-20)22-26-17-5-3-4-6-18(17)32-22/h3-13H,1-2H3,(H,24,27)(H,25,28). The largest absolute Gasteiger partial charge is 0.448 e. The van der Waals surface area contributed by atoms with Crippen LogP contribution >= 0.6 is 22.7 Å². The van der Waals surface area contributed by atoms with Crippen LogP contribution < -0.4 is 10.6 Å². The molecule has 162 valence electrons. The Balaban J connectivity index is 1.37. The van der Waals surface area contributed by atoms with Gasteiger partial charge in [0, 0.05) is 18.3 Å². The third-order valence-corrected chi connectivity index (χ3v) is 6.71. The Morgan fingerprint density at radius 1 is 0.906 bits per heavy atom. The van der Waals surface area contributed by atoms with Crippen molar-refractivity contribution in [3.05, 3.63) is 65.5 Å². The molecular weight excluding hydrogens is 446 g/mol. The molecule has 4 rings (SSSR count). The number of hydrogen-bond acceptors (Lipinski definition) is 7. The number of aromatic nitrogens is 1. The fourth-order valence-corrected chi connectivity index (χ4v) is 4.81. The van der Waals surface area contributed by atoms with Crippen LogP contribution in [0.3, 0.4) is 0 Å². The highest BCUT2D eigenvalue weighted by molar-refractivity contribution is 7.26. The van der Waals surface area contributed by atoms with E-state index in [1.54, 1.807) is 41.7 Å². The van der Waals surface area contributed by atoms with Crippen LogP contribution in [0, 0.1) is 0 Å². The number of benzene rings is 2. The SMILES string of the molecule is CC(=O)Nc1ccc(NC(=O)C(C)OC(=O)c2ccc(-c3nc4ccccc4s3)s2)cc1. The maximum Gasteiger partial charge on any atom is 0.349 e. The van der Waals surface area contributed by atoms with Gasteiger partial charge in [-0.1, -0.05) is 12.1 Å². The predicted octanol–water partition coefficient (Wildman–Crippen LogP) is 5.17. The fourth-order valence-electron chi connectivity index (χ4n) is 2.90. The van der Waals surface area contributed by atoms with Gasteiger partial charge in [0.1, 0.15) is 9.88 Å². The summed E-state index contributed by atoms with van der Waals surface area (Å²) in [5.74, 6) is -1.19. The molecule has 32 heavy (non-hydrogen) atoms. The average molecular weight is 466 g/mol. The lowest BCUT2D eigenvalue weighted by molar-refractivity contribution is -0.123. The van der Waals surface area contributed by atoms with Crippen molar-refractivity contribution < 1.29 is 19.1 Å². The molecule has 1 unspecified atom stereocenters. The number of nitrogens with one attached hydrogen (secondary N) is 2. The lowest BCUT2D eigenvalue weighted by Gasteiger charge is -2.13. The smallest absolute Gasteiger partial charge is 0.349 e. The van der Waals surface area contributed by atoms with Crippen molar-refractivity contribution in [3.8, 4) is 9.88 Å². The molecule has 2 aromatic carbocycles. The number of carbonyl (C=O) groups is 3. The molecule has 9 heteroatoms. The lowest BCUT2D eigenvalue weighted by atomic mass is 10.2. The second-order valence-electron chi connectivity index (χ2n) is 6.95. The van der Waals surface area contributed by atoms with Crippen molar-refractivity contribution in [1.29, 1.82) is 0 Å². The van der Waals surface area contributed by atoms with Gasteiger partial charge in [-0.2, -0.15) is 0 Å². The van der Waals surface area contributed by atoms with Gasteiger partial charge in [0.2, 0.25) is 5.91 Å². The summed E-state index contributed by atoms with van der Waals surface area (Å²) in [6, 6.07) is 18.0. The maximum atomic E-state index is 12.5. The zero-order chi connectivity index (χ0) is 22.7. The Bertz CT molecular complexity index is 1260. The third kappa shape index (κ3) is 5.01. The van der Waals surface area contributed by atoms with E-state index in [0.717, 1.165) is 20.1 Å². The average Bonchev–Trinajstić information content (AvgIpc) is 3.42. The number of fused-ring (bicyclic) bond motifs is 1. The van der Waals surface area contributed by atoms with Crippen LogP contribution in [0.2, 0.25) is 0 Å². The number of esters is 1. The van der Waals surface area contributed by atoms with Crippen LogP contribution in [0.25, 0.3) is 20.1 Å². The molecule has 7 nitrogen and oxygen atoms in total. The van der Waals surface area contributed by atoms with Crippen LogP contribution in [0.15, 0.2) is 60.7 Å². The van der Waals surface area contributed by atoms with Crippen LogP contribution in [-0.4, -0.2) is 28.9 Å². The fraction of sp³-hybridized carbons (Fsp3) is 0.130. The van der Waals surface area contributed by atoms with Gasteiger partial charge in [-0.3, -0.25) is 9.59 Å². The number of ether oxygens (including phenoxy) is 1. The second-order valence-corrected chi connectivity index (χ2v) is 9.06. The van der Waals surface area contributed by atoms with Gasteiger partial charge in [-0.25, -0.2) is 9.78 Å². The topological polar surface area (TPSA) is 97.4 Å². The first-order valence-electron chi connectivity index (χ1n) is 9.74. The Morgan fingerprint density at radius 2 is 1.59 bits per heavy atom. The summed E-state index contributed by atoms with van der Waals surface area (Å²) in [5.41, 5.74) is 2.07. The summed E-state index contributed by atoms with van der Waals surface area (Å²) >= 11 is 2.84. The monoisotopic (exact) mass is 465 g/mol. The highest BCUT2D eigenvalue weighted by atomic mass is 32.1. The summed E-state index contributed by atoms with van der Waals surface area (Å²) in [5, 5.41) is 6.18. The van der Waals surface area contributed by atoms with E-state index in [2.05, 4.69) is 15.6 Å². The van der Waals surface area contributed by atoms with Gasteiger partial charge >= 0.3 is 5.97 Å². The van der Waals surface area contributed by atoms with E-state index in [0.29, 0.717) is 16.3 Å². The van der Waals surface area contributed by atoms with Crippen molar-refractivity contribution in [2.75, 3.05) is 10.6 Å². The first-order chi connectivity index (χ1) is 15.4. The number of thiazole rings is 1. The van der Waals surface area contributed by atoms with E-state index in [1.807, 2.05) is 30.3 Å². The zero-order valence-electron chi connectivity index (χ0n) is 17.2. The minimum atomic E-state index is -0.981. The van der Waals surface area contributed by atoms with Crippen molar-refractivity contribution in [2.24, 2.45) is 0 Å². The number of amides is 2. The molecule has 1 atom stereocenters. The van der Waals surface area contributed by atoms with Crippen LogP contribution in [-0.2, 0) is 14.3 Å². The van der Waals surface area contributed by atoms with Crippen molar-refractivity contribution >= 4 is 62.0 Å². The highest BCUT2D eigenvalue weighted by Crippen LogP contribution is 2.34. The van der Waals surface area contributed by atoms with Crippen LogP contribution in [0.1, 0.15) is 23.5 Å². The van der Waals surface area contributed by atoms with Gasteiger partial charge in [-0.15, -0.1) is 22.7 Å². The number of rotatable bonds is 6. The molecule has 2 N–H and O–H groups in total. The molecule has 0 saturated heterocycles. The maximum absolute atomic E-state index is 12.5. The van der Waals surface area contributed by atoms with Gasteiger partial charge in [0.25, 0.3) is 5.91 Å². The normalized spacial score (nSPS) is 11.7. The molecule has 0 spiro atoms. The van der Waals surface area contributed by atoms with Gasteiger partial charge in [0.15, 0.2) is 6.10 Å². The Labute approximate surface area is 192 Å². The minimum absolute atomic E-state index is 0.179. The van der Waals surface area contributed by atoms with E-state index in [9.17, 15) is 14.4 Å². The van der Waals surface area contributed by atoms with E-state index in [-0.39, 0.29) is 5.91 Å². The van der Waals surface area contributed by atoms with Crippen LogP contribution in [0.5, 0.6) is 0 Å². The van der Waals surface area contributed by atoms with Gasteiger partial charge in [-0.05, 0) is 55.5 Å². The van der Waals surface area contributed by atoms with E-state index in [1.165, 1.54) is 25.2 Å². The number of carbonyl (C=O) groups excluding carboxylic acids is 3. The molecule has 2 aromatic heterocycles. The highest BCUT2D eigenvalue weighted by Gasteiger charge is 2.21. The molecule has 0 aliphatic heterocycles. The van der Waals surface area contributed by atoms with Crippen molar-refractivity contribution in [2.45, 2.75) is 20.0 Å². The first-order valence-corrected chi connectivity index (χ1v) is 11.4. The molecule has 0 aliphatic rings. The summed E-state index contributed by atoms with van der Waals surface area (Å²) in [6.45, 7) is 2.93. The van der Waals surface area contributed by atoms with Crippen LogP contribution in [0.4, 0.5) is 11.4 Å². The van der Waals surface area contributed by atoms with E-state index >= 15 is 0 Å². The molecular formula is C23H19N3O4S2. The lowest BCUT2D eigenvalue weighted by Crippen LogP contribution is -2.29. The Hall–Kier alpha value is -3.56. The van der Waals surface area contributed by atoms with E-state index in [4.69, 9.17) is 4.74 Å². The van der Waals surface area contributed by atoms with Gasteiger partial charge in [0.05, 0.1) is 15.1 Å². The number of anilines is 2. The Morgan fingerprint density at radius 3 is 2.28 bits per heavy atom. The van der Waals surface area contributed by atoms with E-state index < -0.39 is 18.0 Å². The molecule has 0 bridgehead atoms. The molecule has 0 aliphatic carbocycles. The minimum Gasteiger partial charge on any atom is -0.448 e. The quantitative estimate of drug-likeness (QED) is 0.383. The molecule has 4 aromatic rings. The zero-order valence-corrected chi connectivity index (χ0v) is 18.9. The number of para-hydroxylation sites is 1. The number of hydrogen-bond donors (Lipinski definition) is 2. The number of thiophene rings is 1. The predicted molar refractivity (Wildman–Crippen MR) is 127 cm³/mol. The molecule has 2 amide bonds. The molecule has 2 heterocycles. The first kappa shape index (κ1) is 21.7. The van der Waals surface area contributed by atoms with Gasteiger partial charge < -0.3 is 15.4 Å². The molecule has 0 radical (unpaired) electrons. The molecule has 0 saturated carbocycles. The summed E-state index contributed by atoms with van der Waals surface area (Å²) < 4.78 is 6.42. The summed E-state index contributed by atoms with van der Waals surface area (Å²) in [6.07, 6.45) is -0.981. The molecule has 0 fully saturated rings. The van der Waals surface area contributed by atoms with Crippen molar-refractivity contribution in [1.82, 2.24) is 4.98 Å². The third-order valence-electron chi connectivity index (χ3n) is 4.44. The summed E-state index contributed by atoms with van der Waals surface area (Å²) in [4.78, 5) is 41.9. The summed E-state index contributed by atoms with van der Waals surface area (Å²) in [7, 11) is 0. The Kier molecular flexibility index (Phi) is 6.29. The number of nitrogens with zero attached hydrogens (tertiary/aromatic N) is 1. The van der Waals surface area contributed by atoms with Crippen molar-refractivity contribution in [3.63, 3.8) is 0 Å².